The average molecular weight is 529 g/mol. The molecule has 1 saturated carbocycles. The number of pyridine rings is 1. The van der Waals surface area contributed by atoms with E-state index in [-0.39, 0.29) is 40.5 Å². The summed E-state index contributed by atoms with van der Waals surface area (Å²) in [6.07, 6.45) is 8.09. The molecule has 0 unspecified atom stereocenters. The second-order valence-corrected chi connectivity index (χ2v) is 11.7. The number of nitrogens with zero attached hydrogens (tertiary/aromatic N) is 4. The molecule has 1 aliphatic rings. The minimum atomic E-state index is -3.97. The highest BCUT2D eigenvalue weighted by atomic mass is 35.5. The summed E-state index contributed by atoms with van der Waals surface area (Å²) < 4.78 is 42.8. The van der Waals surface area contributed by atoms with Crippen LogP contribution in [-0.4, -0.2) is 39.1 Å². The summed E-state index contributed by atoms with van der Waals surface area (Å²) in [5.74, 6) is 0.142. The Kier molecular flexibility index (Phi) is 6.80. The van der Waals surface area contributed by atoms with Crippen LogP contribution < -0.4 is 0 Å². The fourth-order valence-electron chi connectivity index (χ4n) is 4.94. The number of aliphatic hydroxyl groups excluding tert-OH is 1. The number of benzene rings is 1. The van der Waals surface area contributed by atoms with E-state index in [9.17, 15) is 17.9 Å². The predicted molar refractivity (Wildman–Crippen MR) is 136 cm³/mol. The monoisotopic (exact) mass is 528 g/mol. The van der Waals surface area contributed by atoms with Crippen LogP contribution >= 0.6 is 11.6 Å². The van der Waals surface area contributed by atoms with Crippen LogP contribution in [0.4, 0.5) is 4.39 Å². The molecular weight excluding hydrogens is 503 g/mol. The zero-order chi connectivity index (χ0) is 25.4. The lowest BCUT2D eigenvalue weighted by Gasteiger charge is -2.27. The van der Waals surface area contributed by atoms with E-state index in [4.69, 9.17) is 11.6 Å². The molecule has 188 valence electrons. The fourth-order valence-corrected chi connectivity index (χ4v) is 6.42. The second-order valence-electron chi connectivity index (χ2n) is 9.45. The standard InChI is InChI=1S/C26H26ClFN4O3S/c1-16-5-7-20(8-6-16)36(34,35)32-14-22(21-11-19(27)12-30-26(21)32)25-29-13-23(28)24(31-25)10-17-3-2-4-18(9-17)15-33/h5-8,11-14,17-18,33H,2-4,9-10,15H2,1H3/t17-,18-/m0/s1. The van der Waals surface area contributed by atoms with Gasteiger partial charge in [-0.05, 0) is 56.2 Å². The molecule has 0 bridgehead atoms. The van der Waals surface area contributed by atoms with Gasteiger partial charge in [-0.3, -0.25) is 0 Å². The van der Waals surface area contributed by atoms with E-state index in [0.29, 0.717) is 22.4 Å². The molecule has 0 saturated heterocycles. The molecule has 0 spiro atoms. The van der Waals surface area contributed by atoms with Crippen LogP contribution in [-0.2, 0) is 16.4 Å². The second kappa shape index (κ2) is 9.88. The molecule has 3 aromatic heterocycles. The smallest absolute Gasteiger partial charge is 0.269 e. The van der Waals surface area contributed by atoms with Crippen LogP contribution in [0.5, 0.6) is 0 Å². The molecule has 4 aromatic rings. The molecule has 1 fully saturated rings. The van der Waals surface area contributed by atoms with E-state index in [2.05, 4.69) is 15.0 Å². The van der Waals surface area contributed by atoms with Crippen molar-refractivity contribution in [2.75, 3.05) is 6.61 Å². The molecule has 10 heteroatoms. The topological polar surface area (TPSA) is 98.0 Å². The van der Waals surface area contributed by atoms with Gasteiger partial charge >= 0.3 is 0 Å². The molecule has 0 amide bonds. The third kappa shape index (κ3) is 4.75. The molecule has 1 aromatic carbocycles. The Labute approximate surface area is 214 Å². The van der Waals surface area contributed by atoms with Gasteiger partial charge in [-0.1, -0.05) is 42.1 Å². The molecule has 7 nitrogen and oxygen atoms in total. The summed E-state index contributed by atoms with van der Waals surface area (Å²) in [6, 6.07) is 8.15. The van der Waals surface area contributed by atoms with Crippen LogP contribution in [0.2, 0.25) is 5.02 Å². The molecule has 5 rings (SSSR count). The average Bonchev–Trinajstić information content (AvgIpc) is 3.25. The quantitative estimate of drug-likeness (QED) is 0.370. The third-order valence-electron chi connectivity index (χ3n) is 6.85. The summed E-state index contributed by atoms with van der Waals surface area (Å²) in [4.78, 5) is 13.1. The Bertz CT molecular complexity index is 1520. The summed E-state index contributed by atoms with van der Waals surface area (Å²) >= 11 is 6.21. The lowest BCUT2D eigenvalue weighted by atomic mass is 9.79. The summed E-state index contributed by atoms with van der Waals surface area (Å²) in [5.41, 5.74) is 1.80. The zero-order valence-corrected chi connectivity index (χ0v) is 21.3. The van der Waals surface area contributed by atoms with Gasteiger partial charge in [0.2, 0.25) is 0 Å². The zero-order valence-electron chi connectivity index (χ0n) is 19.7. The van der Waals surface area contributed by atoms with Gasteiger partial charge in [0.15, 0.2) is 17.3 Å². The SMILES string of the molecule is Cc1ccc(S(=O)(=O)n2cc(-c3ncc(F)c(C[C@H]4CCC[C@H](CO)C4)n3)c3cc(Cl)cnc32)cc1. The minimum Gasteiger partial charge on any atom is -0.396 e. The first-order valence-electron chi connectivity index (χ1n) is 11.9. The summed E-state index contributed by atoms with van der Waals surface area (Å²) in [5, 5.41) is 10.3. The number of aliphatic hydroxyl groups is 1. The highest BCUT2D eigenvalue weighted by Crippen LogP contribution is 2.34. The summed E-state index contributed by atoms with van der Waals surface area (Å²) in [7, 11) is -3.97. The molecular formula is C26H26ClFN4O3S. The molecule has 1 aliphatic carbocycles. The van der Waals surface area contributed by atoms with E-state index in [1.807, 2.05) is 6.92 Å². The Morgan fingerprint density at radius 1 is 1.14 bits per heavy atom. The van der Waals surface area contributed by atoms with E-state index in [1.54, 1.807) is 30.3 Å². The number of hydrogen-bond acceptors (Lipinski definition) is 6. The number of fused-ring (bicyclic) bond motifs is 1. The molecule has 0 aliphatic heterocycles. The molecule has 0 radical (unpaired) electrons. The first kappa shape index (κ1) is 24.8. The number of rotatable bonds is 6. The Hall–Kier alpha value is -2.88. The van der Waals surface area contributed by atoms with Crippen molar-refractivity contribution in [3.05, 3.63) is 71.0 Å². The Balaban J connectivity index is 1.59. The van der Waals surface area contributed by atoms with Crippen LogP contribution in [0.1, 0.15) is 36.9 Å². The number of aryl methyl sites for hydroxylation is 1. The van der Waals surface area contributed by atoms with Crippen LogP contribution in [0.15, 0.2) is 53.8 Å². The highest BCUT2D eigenvalue weighted by Gasteiger charge is 2.26. The first-order valence-corrected chi connectivity index (χ1v) is 13.7. The molecule has 1 N–H and O–H groups in total. The minimum absolute atomic E-state index is 0.116. The van der Waals surface area contributed by atoms with Gasteiger partial charge in [-0.15, -0.1) is 0 Å². The lowest BCUT2D eigenvalue weighted by molar-refractivity contribution is 0.159. The molecule has 2 atom stereocenters. The van der Waals surface area contributed by atoms with E-state index in [1.165, 1.54) is 12.4 Å². The highest BCUT2D eigenvalue weighted by molar-refractivity contribution is 7.90. The maximum Gasteiger partial charge on any atom is 0.269 e. The van der Waals surface area contributed by atoms with Gasteiger partial charge in [-0.25, -0.2) is 31.7 Å². The van der Waals surface area contributed by atoms with Crippen LogP contribution in [0.25, 0.3) is 22.4 Å². The number of aromatic nitrogens is 4. The largest absolute Gasteiger partial charge is 0.396 e. The Morgan fingerprint density at radius 2 is 1.89 bits per heavy atom. The van der Waals surface area contributed by atoms with Crippen molar-refractivity contribution in [3.63, 3.8) is 0 Å². The van der Waals surface area contributed by atoms with Gasteiger partial charge in [0, 0.05) is 30.0 Å². The maximum absolute atomic E-state index is 14.7. The van der Waals surface area contributed by atoms with Gasteiger partial charge < -0.3 is 5.11 Å². The predicted octanol–water partition coefficient (Wildman–Crippen LogP) is 5.17. The van der Waals surface area contributed by atoms with Gasteiger partial charge in [0.1, 0.15) is 0 Å². The number of hydrogen-bond donors (Lipinski definition) is 1. The van der Waals surface area contributed by atoms with Gasteiger partial charge in [-0.2, -0.15) is 0 Å². The van der Waals surface area contributed by atoms with Crippen molar-refractivity contribution in [2.45, 2.75) is 43.9 Å². The van der Waals surface area contributed by atoms with Crippen molar-refractivity contribution < 1.29 is 17.9 Å². The third-order valence-corrected chi connectivity index (χ3v) is 8.72. The van der Waals surface area contributed by atoms with Crippen molar-refractivity contribution in [3.8, 4) is 11.4 Å². The molecule has 3 heterocycles. The van der Waals surface area contributed by atoms with Crippen molar-refractivity contribution in [2.24, 2.45) is 11.8 Å². The normalized spacial score (nSPS) is 18.6. The fraction of sp³-hybridized carbons (Fsp3) is 0.346. The number of halogens is 2. The van der Waals surface area contributed by atoms with E-state index in [0.717, 1.165) is 41.4 Å². The summed E-state index contributed by atoms with van der Waals surface area (Å²) in [6.45, 7) is 2.01. The maximum atomic E-state index is 14.7. The van der Waals surface area contributed by atoms with Crippen molar-refractivity contribution in [1.82, 2.24) is 18.9 Å². The Morgan fingerprint density at radius 3 is 2.64 bits per heavy atom. The van der Waals surface area contributed by atoms with Gasteiger partial charge in [0.25, 0.3) is 10.0 Å². The van der Waals surface area contributed by atoms with Gasteiger partial charge in [0.05, 0.1) is 21.8 Å². The lowest BCUT2D eigenvalue weighted by Crippen LogP contribution is -2.20. The first-order chi connectivity index (χ1) is 17.3. The molecule has 36 heavy (non-hydrogen) atoms. The van der Waals surface area contributed by atoms with E-state index >= 15 is 0 Å². The van der Waals surface area contributed by atoms with Crippen molar-refractivity contribution in [1.29, 1.82) is 0 Å². The van der Waals surface area contributed by atoms with Crippen molar-refractivity contribution >= 4 is 32.7 Å². The van der Waals surface area contributed by atoms with E-state index < -0.39 is 15.8 Å². The van der Waals surface area contributed by atoms with Crippen LogP contribution in [0, 0.1) is 24.6 Å². The van der Waals surface area contributed by atoms with Crippen LogP contribution in [0.3, 0.4) is 0 Å².